The lowest BCUT2D eigenvalue weighted by atomic mass is 9.81. The molecule has 0 radical (unpaired) electrons. The molecule has 0 aromatic rings. The van der Waals surface area contributed by atoms with Crippen molar-refractivity contribution in [1.29, 1.82) is 0 Å². The van der Waals surface area contributed by atoms with Gasteiger partial charge < -0.3 is 5.11 Å². The zero-order valence-electron chi connectivity index (χ0n) is 8.00. The van der Waals surface area contributed by atoms with Crippen LogP contribution < -0.4 is 4.72 Å². The maximum absolute atomic E-state index is 11.3. The number of rotatable bonds is 6. The molecule has 0 bridgehead atoms. The summed E-state index contributed by atoms with van der Waals surface area (Å²) in [5, 5.41) is 9.65. The van der Waals surface area contributed by atoms with Crippen LogP contribution in [0.5, 0.6) is 0 Å². The fourth-order valence-electron chi connectivity index (χ4n) is 1.32. The average Bonchev–Trinajstić information content (AvgIpc) is 2.09. The van der Waals surface area contributed by atoms with Crippen LogP contribution in [0, 0.1) is 0 Å². The van der Waals surface area contributed by atoms with Crippen molar-refractivity contribution in [3.8, 4) is 0 Å². The van der Waals surface area contributed by atoms with Gasteiger partial charge in [0.2, 0.25) is 10.0 Å². The molecule has 0 aromatic heterocycles. The van der Waals surface area contributed by atoms with Crippen LogP contribution in [-0.2, 0) is 10.0 Å². The lowest BCUT2D eigenvalue weighted by molar-refractivity contribution is -0.0270. The Balaban J connectivity index is 2.28. The van der Waals surface area contributed by atoms with E-state index in [0.29, 0.717) is 25.1 Å². The molecule has 0 aliphatic heterocycles. The van der Waals surface area contributed by atoms with Gasteiger partial charge in [-0.05, 0) is 25.7 Å². The van der Waals surface area contributed by atoms with Gasteiger partial charge in [-0.25, -0.2) is 13.1 Å². The van der Waals surface area contributed by atoms with Crippen molar-refractivity contribution < 1.29 is 13.5 Å². The van der Waals surface area contributed by atoms with Crippen LogP contribution in [0.1, 0.15) is 25.7 Å². The molecule has 0 saturated heterocycles. The molecular weight excluding hydrogens is 226 g/mol. The minimum atomic E-state index is -3.25. The number of sulfonamides is 1. The molecular formula is C8H16ClNO3S. The molecule has 1 fully saturated rings. The average molecular weight is 242 g/mol. The molecule has 0 unspecified atom stereocenters. The molecule has 1 saturated carbocycles. The summed E-state index contributed by atoms with van der Waals surface area (Å²) >= 11 is 5.39. The molecule has 84 valence electrons. The van der Waals surface area contributed by atoms with Crippen molar-refractivity contribution in [3.63, 3.8) is 0 Å². The first-order valence-corrected chi connectivity index (χ1v) is 6.92. The van der Waals surface area contributed by atoms with E-state index in [1.807, 2.05) is 0 Å². The molecule has 0 aromatic carbocycles. The van der Waals surface area contributed by atoms with Gasteiger partial charge in [0, 0.05) is 12.4 Å². The second kappa shape index (κ2) is 4.79. The first-order chi connectivity index (χ1) is 6.47. The third kappa shape index (κ3) is 3.73. The van der Waals surface area contributed by atoms with Crippen molar-refractivity contribution in [1.82, 2.24) is 4.72 Å². The molecule has 2 N–H and O–H groups in total. The van der Waals surface area contributed by atoms with Crippen molar-refractivity contribution in [3.05, 3.63) is 0 Å². The monoisotopic (exact) mass is 241 g/mol. The molecule has 14 heavy (non-hydrogen) atoms. The quantitative estimate of drug-likeness (QED) is 0.664. The Bertz CT molecular complexity index is 274. The standard InChI is InChI=1S/C8H16ClNO3S/c9-5-2-6-14(12,13)10-7-8(11)3-1-4-8/h10-11H,1-7H2. The first-order valence-electron chi connectivity index (χ1n) is 4.73. The van der Waals surface area contributed by atoms with Crippen LogP contribution in [0.3, 0.4) is 0 Å². The summed E-state index contributed by atoms with van der Waals surface area (Å²) in [4.78, 5) is 0. The Hall–Kier alpha value is 0.160. The molecule has 1 aliphatic rings. The van der Waals surface area contributed by atoms with Crippen molar-refractivity contribution >= 4 is 21.6 Å². The molecule has 0 amide bonds. The van der Waals surface area contributed by atoms with Crippen molar-refractivity contribution in [2.45, 2.75) is 31.3 Å². The van der Waals surface area contributed by atoms with Gasteiger partial charge in [0.25, 0.3) is 0 Å². The van der Waals surface area contributed by atoms with Crippen LogP contribution in [0.25, 0.3) is 0 Å². The van der Waals surface area contributed by atoms with Crippen molar-refractivity contribution in [2.24, 2.45) is 0 Å². The van der Waals surface area contributed by atoms with Crippen LogP contribution in [0.2, 0.25) is 0 Å². The van der Waals surface area contributed by atoms with E-state index >= 15 is 0 Å². The zero-order valence-corrected chi connectivity index (χ0v) is 9.57. The topological polar surface area (TPSA) is 66.4 Å². The summed E-state index contributed by atoms with van der Waals surface area (Å²) < 4.78 is 25.0. The Morgan fingerprint density at radius 1 is 1.43 bits per heavy atom. The zero-order chi connectivity index (χ0) is 10.7. The maximum Gasteiger partial charge on any atom is 0.211 e. The van der Waals surface area contributed by atoms with Gasteiger partial charge in [-0.15, -0.1) is 11.6 Å². The van der Waals surface area contributed by atoms with E-state index in [9.17, 15) is 13.5 Å². The third-order valence-electron chi connectivity index (χ3n) is 2.45. The van der Waals surface area contributed by atoms with Gasteiger partial charge in [-0.3, -0.25) is 0 Å². The lowest BCUT2D eigenvalue weighted by Crippen LogP contribution is -2.48. The molecule has 6 heteroatoms. The Morgan fingerprint density at radius 3 is 2.50 bits per heavy atom. The largest absolute Gasteiger partial charge is 0.389 e. The molecule has 1 rings (SSSR count). The predicted molar refractivity (Wildman–Crippen MR) is 55.9 cm³/mol. The maximum atomic E-state index is 11.3. The fourth-order valence-corrected chi connectivity index (χ4v) is 2.77. The van der Waals surface area contributed by atoms with E-state index in [1.165, 1.54) is 0 Å². The highest BCUT2D eigenvalue weighted by Crippen LogP contribution is 2.30. The summed E-state index contributed by atoms with van der Waals surface area (Å²) in [6.07, 6.45) is 2.78. The van der Waals surface area contributed by atoms with Crippen LogP contribution in [0.4, 0.5) is 0 Å². The lowest BCUT2D eigenvalue weighted by Gasteiger charge is -2.36. The number of alkyl halides is 1. The smallest absolute Gasteiger partial charge is 0.211 e. The summed E-state index contributed by atoms with van der Waals surface area (Å²) in [5.74, 6) is 0.373. The van der Waals surface area contributed by atoms with Crippen LogP contribution in [-0.4, -0.2) is 37.3 Å². The Kier molecular flexibility index (Phi) is 4.18. The van der Waals surface area contributed by atoms with E-state index in [1.54, 1.807) is 0 Å². The predicted octanol–water partition coefficient (Wildman–Crippen LogP) is 0.450. The molecule has 4 nitrogen and oxygen atoms in total. The summed E-state index contributed by atoms with van der Waals surface area (Å²) in [7, 11) is -3.25. The van der Waals surface area contributed by atoms with Crippen LogP contribution in [0.15, 0.2) is 0 Å². The van der Waals surface area contributed by atoms with Gasteiger partial charge in [0.1, 0.15) is 0 Å². The van der Waals surface area contributed by atoms with Gasteiger partial charge in [0.15, 0.2) is 0 Å². The highest BCUT2D eigenvalue weighted by atomic mass is 35.5. The minimum Gasteiger partial charge on any atom is -0.389 e. The van der Waals surface area contributed by atoms with E-state index in [-0.39, 0.29) is 12.3 Å². The Labute approximate surface area is 89.7 Å². The number of nitrogens with one attached hydrogen (secondary N) is 1. The van der Waals surface area contributed by atoms with Gasteiger partial charge in [0.05, 0.1) is 11.4 Å². The summed E-state index contributed by atoms with van der Waals surface area (Å²) in [5.41, 5.74) is -0.798. The minimum absolute atomic E-state index is 0.0343. The van der Waals surface area contributed by atoms with Crippen LogP contribution >= 0.6 is 11.6 Å². The van der Waals surface area contributed by atoms with E-state index in [4.69, 9.17) is 11.6 Å². The molecule has 0 heterocycles. The first kappa shape index (κ1) is 12.2. The number of hydrogen-bond donors (Lipinski definition) is 2. The van der Waals surface area contributed by atoms with Gasteiger partial charge >= 0.3 is 0 Å². The second-order valence-corrected chi connectivity index (χ2v) is 6.06. The summed E-state index contributed by atoms with van der Waals surface area (Å²) in [6.45, 7) is 0.137. The second-order valence-electron chi connectivity index (χ2n) is 3.76. The highest BCUT2D eigenvalue weighted by molar-refractivity contribution is 7.89. The highest BCUT2D eigenvalue weighted by Gasteiger charge is 2.35. The molecule has 1 aliphatic carbocycles. The normalized spacial score (nSPS) is 20.4. The summed E-state index contributed by atoms with van der Waals surface area (Å²) in [6, 6.07) is 0. The SMILES string of the molecule is O=S(=O)(CCCCl)NCC1(O)CCC1. The van der Waals surface area contributed by atoms with Gasteiger partial charge in [-0.1, -0.05) is 0 Å². The fraction of sp³-hybridized carbons (Fsp3) is 1.00. The number of halogens is 1. The molecule has 0 spiro atoms. The molecule has 0 atom stereocenters. The van der Waals surface area contributed by atoms with Crippen molar-refractivity contribution in [2.75, 3.05) is 18.2 Å². The van der Waals surface area contributed by atoms with E-state index in [0.717, 1.165) is 6.42 Å². The Morgan fingerprint density at radius 2 is 2.07 bits per heavy atom. The van der Waals surface area contributed by atoms with E-state index in [2.05, 4.69) is 4.72 Å². The van der Waals surface area contributed by atoms with E-state index < -0.39 is 15.6 Å². The van der Waals surface area contributed by atoms with Gasteiger partial charge in [-0.2, -0.15) is 0 Å². The number of hydrogen-bond acceptors (Lipinski definition) is 3. The number of aliphatic hydroxyl groups is 1. The third-order valence-corrected chi connectivity index (χ3v) is 4.13.